The van der Waals surface area contributed by atoms with Crippen molar-refractivity contribution in [2.75, 3.05) is 11.4 Å². The van der Waals surface area contributed by atoms with Crippen LogP contribution in [0.5, 0.6) is 0 Å². The van der Waals surface area contributed by atoms with Crippen LogP contribution in [0.25, 0.3) is 0 Å². The van der Waals surface area contributed by atoms with Crippen LogP contribution in [-0.4, -0.2) is 11.5 Å². The summed E-state index contributed by atoms with van der Waals surface area (Å²) in [6.07, 6.45) is 1.09. The molecule has 0 bridgehead atoms. The van der Waals surface area contributed by atoms with Crippen LogP contribution in [0.15, 0.2) is 36.4 Å². The highest BCUT2D eigenvalue weighted by molar-refractivity contribution is 5.46. The lowest BCUT2D eigenvalue weighted by molar-refractivity contribution is 0.718. The number of pyridine rings is 1. The number of hydrogen-bond donors (Lipinski definition) is 1. The number of hydrogen-bond acceptors (Lipinski definition) is 3. The van der Waals surface area contributed by atoms with Crippen molar-refractivity contribution in [3.8, 4) is 0 Å². The Kier molecular flexibility index (Phi) is 3.22. The van der Waals surface area contributed by atoms with E-state index in [9.17, 15) is 0 Å². The average molecular weight is 253 g/mol. The fourth-order valence-corrected chi connectivity index (χ4v) is 2.69. The van der Waals surface area contributed by atoms with Crippen LogP contribution in [-0.2, 0) is 19.5 Å². The maximum Gasteiger partial charge on any atom is 0.129 e. The highest BCUT2D eigenvalue weighted by Gasteiger charge is 2.17. The maximum absolute atomic E-state index is 5.75. The van der Waals surface area contributed by atoms with E-state index in [0.717, 1.165) is 36.6 Å². The van der Waals surface area contributed by atoms with E-state index in [-0.39, 0.29) is 0 Å². The summed E-state index contributed by atoms with van der Waals surface area (Å²) in [6, 6.07) is 12.8. The standard InChI is InChI=1S/C16H19N3/c1-12-8-13(10-17)9-16(18-12)19-7-6-14-4-2-3-5-15(14)11-19/h2-5,8-9H,6-7,10-11,17H2,1H3. The molecule has 0 aliphatic carbocycles. The second-order valence-electron chi connectivity index (χ2n) is 5.12. The highest BCUT2D eigenvalue weighted by atomic mass is 15.2. The fourth-order valence-electron chi connectivity index (χ4n) is 2.69. The van der Waals surface area contributed by atoms with Crippen LogP contribution >= 0.6 is 0 Å². The van der Waals surface area contributed by atoms with Gasteiger partial charge in [0.15, 0.2) is 0 Å². The Morgan fingerprint density at radius 2 is 2.00 bits per heavy atom. The van der Waals surface area contributed by atoms with Gasteiger partial charge in [-0.3, -0.25) is 0 Å². The number of aryl methyl sites for hydroxylation is 1. The van der Waals surface area contributed by atoms with Crippen LogP contribution in [0.2, 0.25) is 0 Å². The summed E-state index contributed by atoms with van der Waals surface area (Å²) in [4.78, 5) is 6.99. The quantitative estimate of drug-likeness (QED) is 0.893. The van der Waals surface area contributed by atoms with E-state index >= 15 is 0 Å². The minimum atomic E-state index is 0.570. The first-order valence-electron chi connectivity index (χ1n) is 6.75. The Hall–Kier alpha value is -1.87. The lowest BCUT2D eigenvalue weighted by atomic mass is 10.00. The number of rotatable bonds is 2. The Labute approximate surface area is 114 Å². The molecule has 1 aromatic carbocycles. The van der Waals surface area contributed by atoms with Gasteiger partial charge in [0, 0.05) is 25.3 Å². The molecule has 0 unspecified atom stereocenters. The van der Waals surface area contributed by atoms with Gasteiger partial charge in [-0.2, -0.15) is 0 Å². The van der Waals surface area contributed by atoms with Crippen LogP contribution < -0.4 is 10.6 Å². The zero-order chi connectivity index (χ0) is 13.2. The summed E-state index contributed by atoms with van der Waals surface area (Å²) in [7, 11) is 0. The van der Waals surface area contributed by atoms with Gasteiger partial charge in [0.25, 0.3) is 0 Å². The van der Waals surface area contributed by atoms with Crippen molar-refractivity contribution < 1.29 is 0 Å². The molecule has 0 spiro atoms. The summed E-state index contributed by atoms with van der Waals surface area (Å²) in [5, 5.41) is 0. The second-order valence-corrected chi connectivity index (χ2v) is 5.12. The average Bonchev–Trinajstić information content (AvgIpc) is 2.46. The van der Waals surface area contributed by atoms with Crippen LogP contribution in [0.3, 0.4) is 0 Å². The number of aromatic nitrogens is 1. The lowest BCUT2D eigenvalue weighted by Gasteiger charge is -2.30. The first-order chi connectivity index (χ1) is 9.26. The Bertz CT molecular complexity index is 592. The zero-order valence-electron chi connectivity index (χ0n) is 11.3. The number of anilines is 1. The first-order valence-corrected chi connectivity index (χ1v) is 6.75. The molecular weight excluding hydrogens is 234 g/mol. The van der Waals surface area contributed by atoms with Gasteiger partial charge < -0.3 is 10.6 Å². The highest BCUT2D eigenvalue weighted by Crippen LogP contribution is 2.24. The number of nitrogens with zero attached hydrogens (tertiary/aromatic N) is 2. The van der Waals surface area contributed by atoms with E-state index in [1.54, 1.807) is 0 Å². The summed E-state index contributed by atoms with van der Waals surface area (Å²) in [6.45, 7) is 4.56. The van der Waals surface area contributed by atoms with E-state index in [2.05, 4.69) is 46.3 Å². The van der Waals surface area contributed by atoms with Crippen molar-refractivity contribution in [3.63, 3.8) is 0 Å². The van der Waals surface area contributed by atoms with Crippen LogP contribution in [0.4, 0.5) is 5.82 Å². The normalized spacial score (nSPS) is 14.3. The topological polar surface area (TPSA) is 42.1 Å². The molecule has 19 heavy (non-hydrogen) atoms. The smallest absolute Gasteiger partial charge is 0.129 e. The predicted molar refractivity (Wildman–Crippen MR) is 78.1 cm³/mol. The van der Waals surface area contributed by atoms with Gasteiger partial charge in [0.2, 0.25) is 0 Å². The zero-order valence-corrected chi connectivity index (χ0v) is 11.3. The van der Waals surface area contributed by atoms with Crippen molar-refractivity contribution in [1.82, 2.24) is 4.98 Å². The molecule has 98 valence electrons. The Morgan fingerprint density at radius 3 is 2.79 bits per heavy atom. The summed E-state index contributed by atoms with van der Waals surface area (Å²) in [5.74, 6) is 1.05. The lowest BCUT2D eigenvalue weighted by Crippen LogP contribution is -2.31. The van der Waals surface area contributed by atoms with Crippen LogP contribution in [0, 0.1) is 6.92 Å². The van der Waals surface area contributed by atoms with Gasteiger partial charge in [-0.1, -0.05) is 24.3 Å². The molecule has 0 fully saturated rings. The van der Waals surface area contributed by atoms with E-state index in [1.807, 2.05) is 6.92 Å². The van der Waals surface area contributed by atoms with Crippen molar-refractivity contribution >= 4 is 5.82 Å². The summed E-state index contributed by atoms with van der Waals surface area (Å²) >= 11 is 0. The third-order valence-electron chi connectivity index (χ3n) is 3.69. The maximum atomic E-state index is 5.75. The molecular formula is C16H19N3. The van der Waals surface area contributed by atoms with Gasteiger partial charge in [-0.15, -0.1) is 0 Å². The number of benzene rings is 1. The van der Waals surface area contributed by atoms with E-state index in [4.69, 9.17) is 5.73 Å². The minimum Gasteiger partial charge on any atom is -0.352 e. The van der Waals surface area contributed by atoms with Gasteiger partial charge in [0.05, 0.1) is 0 Å². The van der Waals surface area contributed by atoms with Crippen molar-refractivity contribution in [3.05, 3.63) is 58.8 Å². The fraction of sp³-hybridized carbons (Fsp3) is 0.312. The summed E-state index contributed by atoms with van der Waals surface area (Å²) in [5.41, 5.74) is 10.8. The third-order valence-corrected chi connectivity index (χ3v) is 3.69. The van der Waals surface area contributed by atoms with Gasteiger partial charge in [-0.25, -0.2) is 4.98 Å². The molecule has 2 aromatic rings. The van der Waals surface area contributed by atoms with Crippen molar-refractivity contribution in [1.29, 1.82) is 0 Å². The van der Waals surface area contributed by atoms with Gasteiger partial charge >= 0.3 is 0 Å². The molecule has 3 rings (SSSR count). The third kappa shape index (κ3) is 2.47. The molecule has 0 radical (unpaired) electrons. The predicted octanol–water partition coefficient (Wildman–Crippen LogP) is 2.41. The second kappa shape index (κ2) is 5.02. The largest absolute Gasteiger partial charge is 0.352 e. The molecule has 0 saturated heterocycles. The number of fused-ring (bicyclic) bond motifs is 1. The minimum absolute atomic E-state index is 0.570. The summed E-state index contributed by atoms with van der Waals surface area (Å²) < 4.78 is 0. The molecule has 0 saturated carbocycles. The van der Waals surface area contributed by atoms with E-state index < -0.39 is 0 Å². The first kappa shape index (κ1) is 12.2. The van der Waals surface area contributed by atoms with E-state index in [0.29, 0.717) is 6.54 Å². The molecule has 2 heterocycles. The molecule has 3 heteroatoms. The number of nitrogens with two attached hydrogens (primary N) is 1. The van der Waals surface area contributed by atoms with Gasteiger partial charge in [0.1, 0.15) is 5.82 Å². The van der Waals surface area contributed by atoms with Crippen molar-refractivity contribution in [2.24, 2.45) is 5.73 Å². The van der Waals surface area contributed by atoms with Gasteiger partial charge in [-0.05, 0) is 42.2 Å². The molecule has 0 amide bonds. The monoisotopic (exact) mass is 253 g/mol. The van der Waals surface area contributed by atoms with Crippen LogP contribution in [0.1, 0.15) is 22.4 Å². The Balaban J connectivity index is 1.90. The SMILES string of the molecule is Cc1cc(CN)cc(N2CCc3ccccc3C2)n1. The molecule has 3 nitrogen and oxygen atoms in total. The molecule has 1 aliphatic rings. The molecule has 1 aliphatic heterocycles. The van der Waals surface area contributed by atoms with E-state index in [1.165, 1.54) is 11.1 Å². The molecule has 1 aromatic heterocycles. The Morgan fingerprint density at radius 1 is 1.21 bits per heavy atom. The molecule has 2 N–H and O–H groups in total. The van der Waals surface area contributed by atoms with Crippen molar-refractivity contribution in [2.45, 2.75) is 26.4 Å². The molecule has 0 atom stereocenters.